The lowest BCUT2D eigenvalue weighted by atomic mass is 10.0. The average Bonchev–Trinajstić information content (AvgIpc) is 3.47. The Kier molecular flexibility index (Phi) is 3.67. The maximum atomic E-state index is 12.9. The van der Waals surface area contributed by atoms with Crippen LogP contribution in [0.15, 0.2) is 55.2 Å². The van der Waals surface area contributed by atoms with Gasteiger partial charge in [-0.1, -0.05) is 6.07 Å². The van der Waals surface area contributed by atoms with Crippen molar-refractivity contribution in [1.29, 1.82) is 0 Å². The summed E-state index contributed by atoms with van der Waals surface area (Å²) in [7, 11) is 0. The molecule has 0 saturated carbocycles. The molecule has 8 nitrogen and oxygen atoms in total. The fraction of sp³-hybridized carbons (Fsp3) is 0.211. The van der Waals surface area contributed by atoms with E-state index < -0.39 is 0 Å². The Bertz CT molecular complexity index is 1100. The Morgan fingerprint density at radius 2 is 2.15 bits per heavy atom. The molecule has 5 heterocycles. The van der Waals surface area contributed by atoms with Crippen molar-refractivity contribution in [2.45, 2.75) is 12.3 Å². The first kappa shape index (κ1) is 15.7. The van der Waals surface area contributed by atoms with E-state index in [0.717, 1.165) is 24.2 Å². The summed E-state index contributed by atoms with van der Waals surface area (Å²) in [5, 5.41) is 14.7. The number of nitrogens with zero attached hydrogens (tertiary/aromatic N) is 6. The van der Waals surface area contributed by atoms with Gasteiger partial charge in [-0.15, -0.1) is 0 Å². The lowest BCUT2D eigenvalue weighted by Crippen LogP contribution is -2.28. The Morgan fingerprint density at radius 1 is 1.19 bits per heavy atom. The van der Waals surface area contributed by atoms with Crippen LogP contribution in [-0.2, 0) is 0 Å². The van der Waals surface area contributed by atoms with Crippen molar-refractivity contribution >= 4 is 11.6 Å². The van der Waals surface area contributed by atoms with E-state index in [0.29, 0.717) is 23.9 Å². The Labute approximate surface area is 154 Å². The number of nitrogens with one attached hydrogen (secondary N) is 1. The fourth-order valence-electron chi connectivity index (χ4n) is 3.59. The normalized spacial score (nSPS) is 16.9. The van der Waals surface area contributed by atoms with Crippen molar-refractivity contribution in [1.82, 2.24) is 34.7 Å². The highest BCUT2D eigenvalue weighted by Crippen LogP contribution is 2.28. The fourth-order valence-corrected chi connectivity index (χ4v) is 3.59. The number of aromatic amines is 1. The van der Waals surface area contributed by atoms with Crippen molar-refractivity contribution < 1.29 is 4.79 Å². The maximum Gasteiger partial charge on any atom is 0.271 e. The number of likely N-dealkylation sites (tertiary alicyclic amines) is 1. The van der Waals surface area contributed by atoms with Gasteiger partial charge in [-0.3, -0.25) is 9.89 Å². The predicted octanol–water partition coefficient (Wildman–Crippen LogP) is 2.14. The van der Waals surface area contributed by atoms with Gasteiger partial charge in [-0.2, -0.15) is 15.3 Å². The summed E-state index contributed by atoms with van der Waals surface area (Å²) in [6.45, 7) is 1.43. The molecule has 4 aromatic rings. The number of pyridine rings is 1. The molecule has 134 valence electrons. The van der Waals surface area contributed by atoms with Gasteiger partial charge in [0, 0.05) is 43.2 Å². The van der Waals surface area contributed by atoms with E-state index in [9.17, 15) is 4.79 Å². The van der Waals surface area contributed by atoms with Gasteiger partial charge in [-0.25, -0.2) is 4.98 Å². The SMILES string of the molecule is O=C(c1cc(-c2ccnnc2)n[nH]1)N1CCC(c2ccc3nccn3c2)C1. The molecule has 8 heteroatoms. The van der Waals surface area contributed by atoms with Gasteiger partial charge in [0.25, 0.3) is 5.91 Å². The van der Waals surface area contributed by atoms with E-state index in [1.54, 1.807) is 24.7 Å². The molecule has 0 aliphatic carbocycles. The van der Waals surface area contributed by atoms with Crippen LogP contribution in [0.25, 0.3) is 16.9 Å². The highest BCUT2D eigenvalue weighted by molar-refractivity contribution is 5.93. The molecule has 0 spiro atoms. The number of hydrogen-bond acceptors (Lipinski definition) is 5. The highest BCUT2D eigenvalue weighted by atomic mass is 16.2. The van der Waals surface area contributed by atoms with E-state index >= 15 is 0 Å². The quantitative estimate of drug-likeness (QED) is 0.605. The zero-order valence-electron chi connectivity index (χ0n) is 14.5. The summed E-state index contributed by atoms with van der Waals surface area (Å²) in [4.78, 5) is 19.0. The summed E-state index contributed by atoms with van der Waals surface area (Å²) in [6.07, 6.45) is 10.0. The first-order valence-corrected chi connectivity index (χ1v) is 8.82. The van der Waals surface area contributed by atoms with Crippen molar-refractivity contribution in [3.8, 4) is 11.3 Å². The number of aromatic nitrogens is 6. The van der Waals surface area contributed by atoms with Crippen LogP contribution >= 0.6 is 0 Å². The van der Waals surface area contributed by atoms with Crippen molar-refractivity contribution in [2.24, 2.45) is 0 Å². The van der Waals surface area contributed by atoms with E-state index in [-0.39, 0.29) is 5.91 Å². The molecule has 1 atom stereocenters. The Hall–Kier alpha value is -3.55. The highest BCUT2D eigenvalue weighted by Gasteiger charge is 2.29. The van der Waals surface area contributed by atoms with Gasteiger partial charge < -0.3 is 9.30 Å². The van der Waals surface area contributed by atoms with Gasteiger partial charge in [-0.05, 0) is 30.2 Å². The van der Waals surface area contributed by atoms with Gasteiger partial charge in [0.1, 0.15) is 11.3 Å². The number of carbonyl (C=O) groups excluding carboxylic acids is 1. The smallest absolute Gasteiger partial charge is 0.271 e. The molecule has 1 unspecified atom stereocenters. The molecule has 1 aliphatic heterocycles. The van der Waals surface area contributed by atoms with E-state index in [1.165, 1.54) is 5.56 Å². The molecule has 0 aromatic carbocycles. The minimum Gasteiger partial charge on any atom is -0.337 e. The van der Waals surface area contributed by atoms with E-state index in [1.807, 2.05) is 27.6 Å². The van der Waals surface area contributed by atoms with Crippen molar-refractivity contribution in [3.05, 3.63) is 66.5 Å². The van der Waals surface area contributed by atoms with E-state index in [4.69, 9.17) is 0 Å². The van der Waals surface area contributed by atoms with Crippen LogP contribution in [0.1, 0.15) is 28.4 Å². The number of H-pyrrole nitrogens is 1. The number of fused-ring (bicyclic) bond motifs is 1. The van der Waals surface area contributed by atoms with Crippen LogP contribution in [0.5, 0.6) is 0 Å². The maximum absolute atomic E-state index is 12.9. The van der Waals surface area contributed by atoms with Crippen LogP contribution < -0.4 is 0 Å². The summed E-state index contributed by atoms with van der Waals surface area (Å²) >= 11 is 0. The van der Waals surface area contributed by atoms with Gasteiger partial charge >= 0.3 is 0 Å². The third-order valence-electron chi connectivity index (χ3n) is 5.05. The zero-order chi connectivity index (χ0) is 18.2. The molecule has 1 fully saturated rings. The van der Waals surface area contributed by atoms with Gasteiger partial charge in [0.15, 0.2) is 0 Å². The average molecular weight is 359 g/mol. The second-order valence-corrected chi connectivity index (χ2v) is 6.69. The van der Waals surface area contributed by atoms with Gasteiger partial charge in [0.2, 0.25) is 0 Å². The van der Waals surface area contributed by atoms with Crippen LogP contribution in [0, 0.1) is 0 Å². The number of hydrogen-bond donors (Lipinski definition) is 1. The lowest BCUT2D eigenvalue weighted by molar-refractivity contribution is 0.0785. The topological polar surface area (TPSA) is 92.1 Å². The summed E-state index contributed by atoms with van der Waals surface area (Å²) in [5.41, 5.74) is 4.17. The first-order chi connectivity index (χ1) is 13.3. The standard InChI is InChI=1S/C19H17N7O/c27-19(17-9-16(23-24-17)13-3-5-21-22-10-13)26-7-4-15(12-26)14-1-2-18-20-6-8-25(18)11-14/h1-3,5-6,8-11,15H,4,7,12H2,(H,23,24). The molecule has 1 amide bonds. The largest absolute Gasteiger partial charge is 0.337 e. The minimum absolute atomic E-state index is 0.0259. The Morgan fingerprint density at radius 3 is 3.04 bits per heavy atom. The van der Waals surface area contributed by atoms with Gasteiger partial charge in [0.05, 0.1) is 18.1 Å². The third-order valence-corrected chi connectivity index (χ3v) is 5.05. The van der Waals surface area contributed by atoms with Crippen LogP contribution in [0.3, 0.4) is 0 Å². The molecular formula is C19H17N7O. The number of amides is 1. The van der Waals surface area contributed by atoms with Crippen molar-refractivity contribution in [2.75, 3.05) is 13.1 Å². The lowest BCUT2D eigenvalue weighted by Gasteiger charge is -2.15. The monoisotopic (exact) mass is 359 g/mol. The van der Waals surface area contributed by atoms with Crippen LogP contribution in [0.4, 0.5) is 0 Å². The minimum atomic E-state index is -0.0259. The first-order valence-electron chi connectivity index (χ1n) is 8.82. The second-order valence-electron chi connectivity index (χ2n) is 6.69. The summed E-state index contributed by atoms with van der Waals surface area (Å²) in [6, 6.07) is 7.70. The molecular weight excluding hydrogens is 342 g/mol. The molecule has 0 bridgehead atoms. The van der Waals surface area contributed by atoms with E-state index in [2.05, 4.69) is 37.6 Å². The Balaban J connectivity index is 1.32. The molecule has 4 aromatic heterocycles. The molecule has 27 heavy (non-hydrogen) atoms. The molecule has 1 saturated heterocycles. The van der Waals surface area contributed by atoms with Crippen LogP contribution in [-0.4, -0.2) is 53.7 Å². The number of carbonyl (C=O) groups is 1. The van der Waals surface area contributed by atoms with Crippen LogP contribution in [0.2, 0.25) is 0 Å². The zero-order valence-corrected chi connectivity index (χ0v) is 14.5. The third kappa shape index (κ3) is 2.84. The second kappa shape index (κ2) is 6.31. The predicted molar refractivity (Wildman–Crippen MR) is 98.1 cm³/mol. The molecule has 1 N–H and O–H groups in total. The molecule has 5 rings (SSSR count). The van der Waals surface area contributed by atoms with Crippen molar-refractivity contribution in [3.63, 3.8) is 0 Å². The molecule has 1 aliphatic rings. The number of rotatable bonds is 3. The summed E-state index contributed by atoms with van der Waals surface area (Å²) < 4.78 is 2.02. The molecule has 0 radical (unpaired) electrons. The summed E-state index contributed by atoms with van der Waals surface area (Å²) in [5.74, 6) is 0.300. The number of imidazole rings is 1.